The minimum absolute atomic E-state index is 0.905. The summed E-state index contributed by atoms with van der Waals surface area (Å²) in [5, 5.41) is 4.84. The number of nitrogens with zero attached hydrogens (tertiary/aromatic N) is 1. The topological polar surface area (TPSA) is 16.4 Å². The lowest BCUT2D eigenvalue weighted by Crippen LogP contribution is -2.10. The van der Waals surface area contributed by atoms with Crippen LogP contribution in [0.2, 0.25) is 0 Å². The Balaban J connectivity index is 1.03. The maximum atomic E-state index is 6.52. The Morgan fingerprint density at radius 1 is 0.351 bits per heavy atom. The number of rotatable bonds is 7. The average Bonchev–Trinajstić information content (AvgIpc) is 3.87. The number of thiophene rings is 1. The van der Waals surface area contributed by atoms with Gasteiger partial charge in [0, 0.05) is 43.2 Å². The second-order valence-electron chi connectivity index (χ2n) is 14.5. The predicted octanol–water partition coefficient (Wildman–Crippen LogP) is 16.1. The molecule has 0 saturated heterocycles. The Morgan fingerprint density at radius 2 is 0.912 bits per heavy atom. The molecular weight excluding hydrogens is 711 g/mol. The SMILES string of the molecule is c1ccc(-c2ccc(N(c3ccc(-c4ccc(-c5cccc6c5oc5ccccc56)c(-c5ccccc5)c4)cc3)c3cccc4c3sc3ccccc34)cc2)cc1. The van der Waals surface area contributed by atoms with Crippen molar-refractivity contribution in [2.75, 3.05) is 4.90 Å². The summed E-state index contributed by atoms with van der Waals surface area (Å²) in [5.41, 5.74) is 14.5. The van der Waals surface area contributed by atoms with Crippen molar-refractivity contribution in [2.24, 2.45) is 0 Å². The van der Waals surface area contributed by atoms with Crippen LogP contribution in [0.3, 0.4) is 0 Å². The third kappa shape index (κ3) is 5.80. The molecule has 0 unspecified atom stereocenters. The first-order valence-electron chi connectivity index (χ1n) is 19.3. The summed E-state index contributed by atoms with van der Waals surface area (Å²) in [6.07, 6.45) is 0. The minimum Gasteiger partial charge on any atom is -0.455 e. The highest BCUT2D eigenvalue weighted by Crippen LogP contribution is 2.46. The molecule has 0 amide bonds. The van der Waals surface area contributed by atoms with E-state index < -0.39 is 0 Å². The van der Waals surface area contributed by atoms with Crippen molar-refractivity contribution < 1.29 is 4.42 Å². The molecule has 0 fully saturated rings. The van der Waals surface area contributed by atoms with Crippen LogP contribution in [-0.2, 0) is 0 Å². The lowest BCUT2D eigenvalue weighted by atomic mass is 9.90. The molecule has 0 saturated carbocycles. The van der Waals surface area contributed by atoms with E-state index in [9.17, 15) is 0 Å². The number of para-hydroxylation sites is 2. The number of hydrogen-bond acceptors (Lipinski definition) is 3. The zero-order chi connectivity index (χ0) is 37.7. The molecule has 0 aliphatic heterocycles. The minimum atomic E-state index is 0.905. The normalized spacial score (nSPS) is 11.5. The van der Waals surface area contributed by atoms with Crippen LogP contribution in [0.4, 0.5) is 17.1 Å². The highest BCUT2D eigenvalue weighted by atomic mass is 32.1. The van der Waals surface area contributed by atoms with Gasteiger partial charge in [-0.3, -0.25) is 0 Å². The van der Waals surface area contributed by atoms with Crippen molar-refractivity contribution in [1.29, 1.82) is 0 Å². The summed E-state index contributed by atoms with van der Waals surface area (Å²) < 4.78 is 9.09. The fourth-order valence-electron chi connectivity index (χ4n) is 8.35. The van der Waals surface area contributed by atoms with Gasteiger partial charge in [-0.05, 0) is 87.5 Å². The Hall–Kier alpha value is -7.20. The highest BCUT2D eigenvalue weighted by molar-refractivity contribution is 7.26. The average molecular weight is 746 g/mol. The molecule has 2 heterocycles. The van der Waals surface area contributed by atoms with E-state index in [2.05, 4.69) is 205 Å². The second kappa shape index (κ2) is 13.8. The molecule has 0 N–H and O–H groups in total. The van der Waals surface area contributed by atoms with E-state index >= 15 is 0 Å². The molecule has 11 rings (SSSR count). The van der Waals surface area contributed by atoms with Gasteiger partial charge >= 0.3 is 0 Å². The summed E-state index contributed by atoms with van der Waals surface area (Å²) in [4.78, 5) is 2.41. The third-order valence-electron chi connectivity index (χ3n) is 11.1. The molecule has 268 valence electrons. The van der Waals surface area contributed by atoms with Crippen LogP contribution in [0.1, 0.15) is 0 Å². The van der Waals surface area contributed by atoms with E-state index in [-0.39, 0.29) is 0 Å². The monoisotopic (exact) mass is 745 g/mol. The van der Waals surface area contributed by atoms with Crippen LogP contribution in [0.5, 0.6) is 0 Å². The largest absolute Gasteiger partial charge is 0.455 e. The summed E-state index contributed by atoms with van der Waals surface area (Å²) in [6, 6.07) is 76.3. The number of furan rings is 1. The van der Waals surface area contributed by atoms with Gasteiger partial charge in [0.25, 0.3) is 0 Å². The van der Waals surface area contributed by atoms with Crippen LogP contribution in [0.15, 0.2) is 217 Å². The van der Waals surface area contributed by atoms with Crippen LogP contribution >= 0.6 is 11.3 Å². The molecule has 2 nitrogen and oxygen atoms in total. The Labute approximate surface area is 335 Å². The fourth-order valence-corrected chi connectivity index (χ4v) is 9.55. The summed E-state index contributed by atoms with van der Waals surface area (Å²) >= 11 is 1.86. The molecule has 0 aliphatic rings. The summed E-state index contributed by atoms with van der Waals surface area (Å²) in [6.45, 7) is 0. The van der Waals surface area contributed by atoms with E-state index in [0.29, 0.717) is 0 Å². The van der Waals surface area contributed by atoms with Crippen LogP contribution in [0.25, 0.3) is 86.6 Å². The van der Waals surface area contributed by atoms with E-state index in [1.54, 1.807) is 0 Å². The van der Waals surface area contributed by atoms with Gasteiger partial charge in [-0.15, -0.1) is 11.3 Å². The first kappa shape index (κ1) is 33.2. The number of benzene rings is 9. The van der Waals surface area contributed by atoms with Crippen molar-refractivity contribution >= 4 is 70.5 Å². The van der Waals surface area contributed by atoms with Gasteiger partial charge in [-0.1, -0.05) is 164 Å². The van der Waals surface area contributed by atoms with Gasteiger partial charge in [0.1, 0.15) is 11.2 Å². The molecule has 9 aromatic carbocycles. The Morgan fingerprint density at radius 3 is 1.67 bits per heavy atom. The standard InChI is InChI=1S/C54H35NOS/c1-3-13-36(14-4-1)37-25-30-41(31-26-37)55(50-22-12-21-48-45-18-8-10-24-52(45)57-54(48)50)42-32-27-38(28-33-42)40-29-34-43(49(35-40)39-15-5-2-6-16-39)46-19-11-20-47-44-17-7-9-23-51(44)56-53(46)47/h1-35H. The van der Waals surface area contributed by atoms with Crippen LogP contribution in [0, 0.1) is 0 Å². The van der Waals surface area contributed by atoms with Crippen molar-refractivity contribution in [3.63, 3.8) is 0 Å². The van der Waals surface area contributed by atoms with Crippen molar-refractivity contribution in [3.05, 3.63) is 212 Å². The zero-order valence-electron chi connectivity index (χ0n) is 31.0. The molecule has 2 aromatic heterocycles. The van der Waals surface area contributed by atoms with Gasteiger partial charge in [-0.25, -0.2) is 0 Å². The number of anilines is 3. The molecule has 3 heteroatoms. The number of hydrogen-bond donors (Lipinski definition) is 0. The molecule has 0 aliphatic carbocycles. The molecule has 11 aromatic rings. The zero-order valence-corrected chi connectivity index (χ0v) is 31.8. The molecule has 0 spiro atoms. The first-order valence-corrected chi connectivity index (χ1v) is 20.1. The molecule has 0 radical (unpaired) electrons. The lowest BCUT2D eigenvalue weighted by molar-refractivity contribution is 0.670. The molecule has 57 heavy (non-hydrogen) atoms. The highest BCUT2D eigenvalue weighted by Gasteiger charge is 2.20. The first-order chi connectivity index (χ1) is 28.3. The summed E-state index contributed by atoms with van der Waals surface area (Å²) in [5.74, 6) is 0. The summed E-state index contributed by atoms with van der Waals surface area (Å²) in [7, 11) is 0. The number of fused-ring (bicyclic) bond motifs is 6. The van der Waals surface area contributed by atoms with E-state index in [1.165, 1.54) is 48.1 Å². The third-order valence-corrected chi connectivity index (χ3v) is 12.3. The van der Waals surface area contributed by atoms with Gasteiger partial charge in [0.2, 0.25) is 0 Å². The lowest BCUT2D eigenvalue weighted by Gasteiger charge is -2.26. The van der Waals surface area contributed by atoms with Crippen molar-refractivity contribution in [2.45, 2.75) is 0 Å². The van der Waals surface area contributed by atoms with Crippen LogP contribution in [-0.4, -0.2) is 0 Å². The van der Waals surface area contributed by atoms with Gasteiger partial charge < -0.3 is 9.32 Å². The van der Waals surface area contributed by atoms with E-state index in [1.807, 2.05) is 23.5 Å². The van der Waals surface area contributed by atoms with Gasteiger partial charge in [0.05, 0.1) is 10.4 Å². The molecule has 0 bridgehead atoms. The predicted molar refractivity (Wildman–Crippen MR) is 243 cm³/mol. The second-order valence-corrected chi connectivity index (χ2v) is 15.5. The maximum absolute atomic E-state index is 6.52. The van der Waals surface area contributed by atoms with Crippen LogP contribution < -0.4 is 4.90 Å². The quantitative estimate of drug-likeness (QED) is 0.162. The smallest absolute Gasteiger partial charge is 0.143 e. The van der Waals surface area contributed by atoms with E-state index in [0.717, 1.165) is 55.6 Å². The molecule has 0 atom stereocenters. The fraction of sp³-hybridized carbons (Fsp3) is 0. The Bertz CT molecular complexity index is 3210. The molecular formula is C54H35NOS. The van der Waals surface area contributed by atoms with Gasteiger partial charge in [-0.2, -0.15) is 0 Å². The maximum Gasteiger partial charge on any atom is 0.143 e. The Kier molecular flexibility index (Phi) is 8.04. The van der Waals surface area contributed by atoms with E-state index in [4.69, 9.17) is 4.42 Å². The van der Waals surface area contributed by atoms with Crippen molar-refractivity contribution in [3.8, 4) is 44.5 Å². The van der Waals surface area contributed by atoms with Crippen molar-refractivity contribution in [1.82, 2.24) is 0 Å². The van der Waals surface area contributed by atoms with Gasteiger partial charge in [0.15, 0.2) is 0 Å².